The molecule has 1 spiro atoms. The maximum Gasteiger partial charge on any atom is 0.404 e. The fourth-order valence-electron chi connectivity index (χ4n) is 7.74. The number of ether oxygens (including phenoxy) is 4. The number of rotatable bonds is 5. The van der Waals surface area contributed by atoms with Gasteiger partial charge < -0.3 is 39.6 Å². The molecule has 13 nitrogen and oxygen atoms in total. The van der Waals surface area contributed by atoms with Gasteiger partial charge in [0.2, 0.25) is 17.5 Å². The molecule has 0 radical (unpaired) electrons. The summed E-state index contributed by atoms with van der Waals surface area (Å²) >= 11 is 0. The number of hydrogen-bond acceptors (Lipinski definition) is 11. The zero-order valence-electron chi connectivity index (χ0n) is 22.9. The van der Waals surface area contributed by atoms with Crippen molar-refractivity contribution < 1.29 is 48.0 Å². The molecule has 0 aromatic heterocycles. The first kappa shape index (κ1) is 26.9. The van der Waals surface area contributed by atoms with Crippen LogP contribution in [-0.4, -0.2) is 101 Å². The average Bonchev–Trinajstić information content (AvgIpc) is 3.14. The number of carbonyl (C=O) groups is 5. The van der Waals surface area contributed by atoms with Crippen molar-refractivity contribution in [3.8, 4) is 0 Å². The average molecular weight is 560 g/mol. The normalized spacial score (nSPS) is 35.4. The number of aliphatic hydroxyl groups is 1. The Bertz CT molecular complexity index is 1310. The molecule has 3 fully saturated rings. The number of amides is 2. The van der Waals surface area contributed by atoms with Crippen LogP contribution in [0.4, 0.5) is 4.79 Å². The van der Waals surface area contributed by atoms with Gasteiger partial charge in [-0.15, -0.1) is 0 Å². The minimum Gasteiger partial charge on any atom is -0.512 e. The number of carbonyl (C=O) groups excluding carboxylic acids is 5. The Hall–Kier alpha value is -3.29. The van der Waals surface area contributed by atoms with E-state index in [1.165, 1.54) is 14.0 Å². The highest BCUT2D eigenvalue weighted by Gasteiger charge is 2.79. The topological polar surface area (TPSA) is 175 Å². The van der Waals surface area contributed by atoms with Gasteiger partial charge in [-0.1, -0.05) is 13.8 Å². The molecule has 1 unspecified atom stereocenters. The lowest BCUT2D eigenvalue weighted by Gasteiger charge is -2.41. The summed E-state index contributed by atoms with van der Waals surface area (Å²) < 4.78 is 23.0. The second-order valence-corrected chi connectivity index (χ2v) is 12.1. The van der Waals surface area contributed by atoms with E-state index < -0.39 is 52.5 Å². The van der Waals surface area contributed by atoms with Crippen molar-refractivity contribution in [1.82, 2.24) is 9.80 Å². The lowest BCUT2D eigenvalue weighted by atomic mass is 9.70. The SMILES string of the molecule is CO[C@@]12[C@H](COC(N)=O)C3=C(C(=O)C(CC4=C(O)CC(C)(C)CC4=O)C4(OCCO4)C3=O)N1C[C@H]1[C@@H]2N1C(C)=O. The molecule has 5 atom stereocenters. The van der Waals surface area contributed by atoms with Gasteiger partial charge in [0.05, 0.1) is 42.5 Å². The molecule has 0 aromatic carbocycles. The molecule has 3 N–H and O–H groups in total. The molecular weight excluding hydrogens is 526 g/mol. The van der Waals surface area contributed by atoms with Crippen molar-refractivity contribution in [3.63, 3.8) is 0 Å². The zero-order chi connectivity index (χ0) is 28.9. The van der Waals surface area contributed by atoms with Crippen LogP contribution in [0.5, 0.6) is 0 Å². The lowest BCUT2D eigenvalue weighted by Crippen LogP contribution is -2.56. The third kappa shape index (κ3) is 3.40. The van der Waals surface area contributed by atoms with E-state index in [9.17, 15) is 29.1 Å². The van der Waals surface area contributed by atoms with E-state index >= 15 is 0 Å². The zero-order valence-corrected chi connectivity index (χ0v) is 22.9. The molecule has 216 valence electrons. The standard InChI is InChI=1S/C27H33N3O10/c1-12(31)30-16-10-29-20-19(15(11-38-24(28)36)26(29,37-4)22(16)30)23(35)27(39-5-6-40-27)14(21(20)34)7-13-17(32)8-25(2,3)9-18(13)33/h14-16,22,32H,5-11H2,1-4H3,(H2,28,36)/t14?,15-,16+,22+,26-,30?/m1/s1. The molecule has 2 aliphatic carbocycles. The third-order valence-corrected chi connectivity index (χ3v) is 9.27. The van der Waals surface area contributed by atoms with Gasteiger partial charge in [-0.3, -0.25) is 19.2 Å². The van der Waals surface area contributed by atoms with Crippen LogP contribution >= 0.6 is 0 Å². The number of nitrogens with zero attached hydrogens (tertiary/aromatic N) is 2. The summed E-state index contributed by atoms with van der Waals surface area (Å²) in [6, 6.07) is -0.774. The third-order valence-electron chi connectivity index (χ3n) is 9.27. The number of hydrogen-bond donors (Lipinski definition) is 2. The molecule has 6 rings (SSSR count). The Balaban J connectivity index is 1.47. The summed E-state index contributed by atoms with van der Waals surface area (Å²) in [4.78, 5) is 69.3. The predicted molar refractivity (Wildman–Crippen MR) is 133 cm³/mol. The first-order valence-electron chi connectivity index (χ1n) is 13.4. The maximum absolute atomic E-state index is 14.5. The number of nitrogens with two attached hydrogens (primary N) is 1. The summed E-state index contributed by atoms with van der Waals surface area (Å²) in [6.07, 6.45) is -0.886. The Morgan fingerprint density at radius 1 is 1.12 bits per heavy atom. The highest BCUT2D eigenvalue weighted by atomic mass is 16.7. The minimum absolute atomic E-state index is 0.0226. The van der Waals surface area contributed by atoms with Crippen molar-refractivity contribution >= 4 is 29.4 Å². The molecule has 3 saturated heterocycles. The second-order valence-electron chi connectivity index (χ2n) is 12.1. The van der Waals surface area contributed by atoms with E-state index in [2.05, 4.69) is 0 Å². The number of aliphatic hydroxyl groups excluding tert-OH is 1. The number of fused-ring (bicyclic) bond motifs is 4. The Labute approximate surface area is 230 Å². The van der Waals surface area contributed by atoms with Crippen LogP contribution in [0.25, 0.3) is 0 Å². The number of allylic oxidation sites excluding steroid dienone is 3. The maximum atomic E-state index is 14.5. The molecule has 6 aliphatic rings. The summed E-state index contributed by atoms with van der Waals surface area (Å²) in [6.45, 7) is 5.07. The largest absolute Gasteiger partial charge is 0.512 e. The molecular formula is C27H33N3O10. The van der Waals surface area contributed by atoms with Crippen LogP contribution in [0.3, 0.4) is 0 Å². The lowest BCUT2D eigenvalue weighted by molar-refractivity contribution is -0.200. The molecule has 4 aliphatic heterocycles. The Morgan fingerprint density at radius 2 is 1.80 bits per heavy atom. The number of Topliss-reactive ketones (excluding diaryl/α,β-unsaturated/α-hetero) is 3. The van der Waals surface area contributed by atoms with E-state index in [0.717, 1.165) is 0 Å². The fraction of sp³-hybridized carbons (Fsp3) is 0.667. The number of piperazine rings is 1. The van der Waals surface area contributed by atoms with Gasteiger partial charge in [0.25, 0.3) is 0 Å². The minimum atomic E-state index is -2.03. The Morgan fingerprint density at radius 3 is 2.38 bits per heavy atom. The van der Waals surface area contributed by atoms with E-state index in [1.807, 2.05) is 13.8 Å². The van der Waals surface area contributed by atoms with Gasteiger partial charge in [0, 0.05) is 44.6 Å². The van der Waals surface area contributed by atoms with Gasteiger partial charge in [0.15, 0.2) is 17.3 Å². The van der Waals surface area contributed by atoms with Crippen LogP contribution in [0.15, 0.2) is 22.6 Å². The number of ketones is 3. The van der Waals surface area contributed by atoms with Gasteiger partial charge >= 0.3 is 6.09 Å². The van der Waals surface area contributed by atoms with Crippen molar-refractivity contribution in [2.45, 2.75) is 63.6 Å². The molecule has 0 saturated carbocycles. The first-order valence-corrected chi connectivity index (χ1v) is 13.4. The monoisotopic (exact) mass is 559 g/mol. The van der Waals surface area contributed by atoms with E-state index in [4.69, 9.17) is 24.7 Å². The van der Waals surface area contributed by atoms with Crippen molar-refractivity contribution in [2.75, 3.05) is 33.5 Å². The fourth-order valence-corrected chi connectivity index (χ4v) is 7.74. The molecule has 2 amide bonds. The molecule has 4 heterocycles. The van der Waals surface area contributed by atoms with Crippen LogP contribution in [0.1, 0.15) is 40.0 Å². The predicted octanol–water partition coefficient (Wildman–Crippen LogP) is 0.326. The van der Waals surface area contributed by atoms with Crippen molar-refractivity contribution in [3.05, 3.63) is 22.6 Å². The van der Waals surface area contributed by atoms with Gasteiger partial charge in [0.1, 0.15) is 12.6 Å². The van der Waals surface area contributed by atoms with Gasteiger partial charge in [-0.2, -0.15) is 0 Å². The summed E-state index contributed by atoms with van der Waals surface area (Å²) in [5.74, 6) is -6.01. The van der Waals surface area contributed by atoms with Crippen LogP contribution in [0, 0.1) is 17.3 Å². The highest BCUT2D eigenvalue weighted by Crippen LogP contribution is 2.61. The van der Waals surface area contributed by atoms with Gasteiger partial charge in [-0.25, -0.2) is 4.79 Å². The van der Waals surface area contributed by atoms with E-state index in [1.54, 1.807) is 9.80 Å². The van der Waals surface area contributed by atoms with E-state index in [-0.39, 0.29) is 86.0 Å². The quantitative estimate of drug-likeness (QED) is 0.444. The molecule has 0 bridgehead atoms. The van der Waals surface area contributed by atoms with E-state index in [0.29, 0.717) is 0 Å². The Kier molecular flexibility index (Phi) is 5.79. The molecule has 0 aromatic rings. The summed E-state index contributed by atoms with van der Waals surface area (Å²) in [5, 5.41) is 10.8. The highest BCUT2D eigenvalue weighted by molar-refractivity contribution is 6.18. The van der Waals surface area contributed by atoms with Crippen LogP contribution < -0.4 is 5.73 Å². The smallest absolute Gasteiger partial charge is 0.404 e. The number of primary amides is 1. The van der Waals surface area contributed by atoms with Crippen LogP contribution in [-0.2, 0) is 38.1 Å². The number of methoxy groups -OCH3 is 1. The van der Waals surface area contributed by atoms with Crippen LogP contribution in [0.2, 0.25) is 0 Å². The second kappa shape index (κ2) is 8.60. The van der Waals surface area contributed by atoms with Crippen molar-refractivity contribution in [1.29, 1.82) is 0 Å². The summed E-state index contributed by atoms with van der Waals surface area (Å²) in [7, 11) is 1.41. The molecule has 13 heteroatoms. The first-order chi connectivity index (χ1) is 18.8. The van der Waals surface area contributed by atoms with Gasteiger partial charge in [-0.05, 0) is 11.8 Å². The summed E-state index contributed by atoms with van der Waals surface area (Å²) in [5.41, 5.74) is 3.63. The van der Waals surface area contributed by atoms with Crippen molar-refractivity contribution in [2.24, 2.45) is 23.0 Å². The molecule has 40 heavy (non-hydrogen) atoms.